The summed E-state index contributed by atoms with van der Waals surface area (Å²) in [5, 5.41) is 2.70. The molecule has 0 aliphatic carbocycles. The number of hydrogen-bond donors (Lipinski definition) is 1. The standard InChI is InChI=1S/C9H15NO3/c1-3-9(8(12)13-2)4-5-10-7(11)6-9/h3-6H2,1-2H3,(H,10,11). The lowest BCUT2D eigenvalue weighted by molar-refractivity contribution is -0.157. The van der Waals surface area contributed by atoms with Crippen LogP contribution in [-0.4, -0.2) is 25.5 Å². The molecule has 4 nitrogen and oxygen atoms in total. The first-order chi connectivity index (χ1) is 6.14. The van der Waals surface area contributed by atoms with Crippen molar-refractivity contribution in [3.63, 3.8) is 0 Å². The van der Waals surface area contributed by atoms with E-state index >= 15 is 0 Å². The maximum absolute atomic E-state index is 11.5. The van der Waals surface area contributed by atoms with Crippen molar-refractivity contribution in [2.24, 2.45) is 5.41 Å². The third-order valence-corrected chi connectivity index (χ3v) is 2.72. The Labute approximate surface area is 77.6 Å². The minimum atomic E-state index is -0.572. The van der Waals surface area contributed by atoms with Crippen LogP contribution < -0.4 is 5.32 Å². The lowest BCUT2D eigenvalue weighted by Crippen LogP contribution is -2.45. The molecule has 1 saturated heterocycles. The summed E-state index contributed by atoms with van der Waals surface area (Å²) in [7, 11) is 1.37. The van der Waals surface area contributed by atoms with Gasteiger partial charge in [-0.05, 0) is 12.8 Å². The van der Waals surface area contributed by atoms with Crippen molar-refractivity contribution in [3.8, 4) is 0 Å². The fraction of sp³-hybridized carbons (Fsp3) is 0.778. The summed E-state index contributed by atoms with van der Waals surface area (Å²) in [6.07, 6.45) is 1.60. The molecule has 0 radical (unpaired) electrons. The average Bonchev–Trinajstić information content (AvgIpc) is 2.16. The fourth-order valence-corrected chi connectivity index (χ4v) is 1.74. The number of carbonyl (C=O) groups is 2. The van der Waals surface area contributed by atoms with Gasteiger partial charge in [0.05, 0.1) is 12.5 Å². The molecule has 0 bridgehead atoms. The molecule has 13 heavy (non-hydrogen) atoms. The highest BCUT2D eigenvalue weighted by Crippen LogP contribution is 2.33. The molecule has 1 aliphatic heterocycles. The highest BCUT2D eigenvalue weighted by Gasteiger charge is 2.41. The van der Waals surface area contributed by atoms with Crippen LogP contribution in [0.4, 0.5) is 0 Å². The number of hydrogen-bond acceptors (Lipinski definition) is 3. The maximum atomic E-state index is 11.5. The van der Waals surface area contributed by atoms with E-state index in [1.165, 1.54) is 7.11 Å². The molecule has 1 unspecified atom stereocenters. The van der Waals surface area contributed by atoms with E-state index in [4.69, 9.17) is 4.74 Å². The Morgan fingerprint density at radius 3 is 2.85 bits per heavy atom. The normalized spacial score (nSPS) is 28.0. The van der Waals surface area contributed by atoms with Crippen LogP contribution in [0.3, 0.4) is 0 Å². The molecular weight excluding hydrogens is 170 g/mol. The molecule has 1 fully saturated rings. The molecule has 74 valence electrons. The summed E-state index contributed by atoms with van der Waals surface area (Å²) in [5.74, 6) is -0.316. The molecule has 1 N–H and O–H groups in total. The van der Waals surface area contributed by atoms with Gasteiger partial charge in [0.15, 0.2) is 0 Å². The van der Waals surface area contributed by atoms with Crippen LogP contribution in [-0.2, 0) is 14.3 Å². The molecule has 1 rings (SSSR count). The first kappa shape index (κ1) is 10.0. The highest BCUT2D eigenvalue weighted by atomic mass is 16.5. The average molecular weight is 185 g/mol. The first-order valence-corrected chi connectivity index (χ1v) is 4.50. The number of ether oxygens (including phenoxy) is 1. The zero-order chi connectivity index (χ0) is 9.90. The van der Waals surface area contributed by atoms with E-state index in [9.17, 15) is 9.59 Å². The largest absolute Gasteiger partial charge is 0.469 e. The van der Waals surface area contributed by atoms with Gasteiger partial charge in [0.2, 0.25) is 5.91 Å². The van der Waals surface area contributed by atoms with Gasteiger partial charge < -0.3 is 10.1 Å². The van der Waals surface area contributed by atoms with Gasteiger partial charge in [0.25, 0.3) is 0 Å². The highest BCUT2D eigenvalue weighted by molar-refractivity contribution is 5.87. The Hall–Kier alpha value is -1.06. The first-order valence-electron chi connectivity index (χ1n) is 4.50. The van der Waals surface area contributed by atoms with Crippen molar-refractivity contribution < 1.29 is 14.3 Å². The van der Waals surface area contributed by atoms with Gasteiger partial charge >= 0.3 is 5.97 Å². The van der Waals surface area contributed by atoms with E-state index in [1.54, 1.807) is 0 Å². The molecule has 4 heteroatoms. The SMILES string of the molecule is CCC1(C(=O)OC)CCNC(=O)C1. The van der Waals surface area contributed by atoms with Gasteiger partial charge in [0.1, 0.15) is 0 Å². The van der Waals surface area contributed by atoms with Crippen LogP contribution in [0.1, 0.15) is 26.2 Å². The van der Waals surface area contributed by atoms with Crippen molar-refractivity contribution in [1.82, 2.24) is 5.32 Å². The Morgan fingerprint density at radius 2 is 2.38 bits per heavy atom. The Kier molecular flexibility index (Phi) is 2.90. The number of carbonyl (C=O) groups excluding carboxylic acids is 2. The minimum Gasteiger partial charge on any atom is -0.469 e. The van der Waals surface area contributed by atoms with Gasteiger partial charge in [-0.1, -0.05) is 6.92 Å². The smallest absolute Gasteiger partial charge is 0.312 e. The van der Waals surface area contributed by atoms with E-state index in [0.717, 1.165) is 0 Å². The van der Waals surface area contributed by atoms with Crippen molar-refractivity contribution in [1.29, 1.82) is 0 Å². The van der Waals surface area contributed by atoms with E-state index in [-0.39, 0.29) is 18.3 Å². The quantitative estimate of drug-likeness (QED) is 0.636. The zero-order valence-electron chi connectivity index (χ0n) is 8.05. The molecule has 0 saturated carbocycles. The maximum Gasteiger partial charge on any atom is 0.312 e. The summed E-state index contributed by atoms with van der Waals surface area (Å²) >= 11 is 0. The third-order valence-electron chi connectivity index (χ3n) is 2.72. The van der Waals surface area contributed by atoms with Gasteiger partial charge in [-0.3, -0.25) is 9.59 Å². The van der Waals surface area contributed by atoms with E-state index in [1.807, 2.05) is 6.92 Å². The molecule has 1 aliphatic rings. The summed E-state index contributed by atoms with van der Waals surface area (Å²) in [6.45, 7) is 2.48. The van der Waals surface area contributed by atoms with Gasteiger partial charge in [-0.15, -0.1) is 0 Å². The predicted molar refractivity (Wildman–Crippen MR) is 47.0 cm³/mol. The van der Waals surface area contributed by atoms with Crippen molar-refractivity contribution in [3.05, 3.63) is 0 Å². The van der Waals surface area contributed by atoms with Crippen LogP contribution in [0, 0.1) is 5.41 Å². The van der Waals surface area contributed by atoms with Gasteiger partial charge in [0, 0.05) is 13.0 Å². The second-order valence-corrected chi connectivity index (χ2v) is 3.40. The number of piperidine rings is 1. The van der Waals surface area contributed by atoms with Crippen molar-refractivity contribution in [2.45, 2.75) is 26.2 Å². The second-order valence-electron chi connectivity index (χ2n) is 3.40. The number of esters is 1. The van der Waals surface area contributed by atoms with E-state index < -0.39 is 5.41 Å². The van der Waals surface area contributed by atoms with Crippen LogP contribution in [0.15, 0.2) is 0 Å². The monoisotopic (exact) mass is 185 g/mol. The zero-order valence-corrected chi connectivity index (χ0v) is 8.05. The van der Waals surface area contributed by atoms with Crippen LogP contribution >= 0.6 is 0 Å². The number of methoxy groups -OCH3 is 1. The molecule has 0 aromatic heterocycles. The van der Waals surface area contributed by atoms with Gasteiger partial charge in [-0.25, -0.2) is 0 Å². The lowest BCUT2D eigenvalue weighted by atomic mass is 9.76. The molecule has 1 amide bonds. The molecule has 0 aromatic carbocycles. The van der Waals surface area contributed by atoms with E-state index in [0.29, 0.717) is 19.4 Å². The lowest BCUT2D eigenvalue weighted by Gasteiger charge is -2.32. The molecule has 1 heterocycles. The Balaban J connectivity index is 2.78. The number of amides is 1. The van der Waals surface area contributed by atoms with E-state index in [2.05, 4.69) is 5.32 Å². The molecule has 0 spiro atoms. The van der Waals surface area contributed by atoms with Crippen LogP contribution in [0.5, 0.6) is 0 Å². The Morgan fingerprint density at radius 1 is 1.69 bits per heavy atom. The van der Waals surface area contributed by atoms with Crippen molar-refractivity contribution >= 4 is 11.9 Å². The topological polar surface area (TPSA) is 55.4 Å². The summed E-state index contributed by atoms with van der Waals surface area (Å²) in [6, 6.07) is 0. The van der Waals surface area contributed by atoms with Crippen LogP contribution in [0.2, 0.25) is 0 Å². The predicted octanol–water partition coefficient (Wildman–Crippen LogP) is 0.466. The van der Waals surface area contributed by atoms with Crippen LogP contribution in [0.25, 0.3) is 0 Å². The Bertz CT molecular complexity index is 227. The van der Waals surface area contributed by atoms with Crippen molar-refractivity contribution in [2.75, 3.05) is 13.7 Å². The number of rotatable bonds is 2. The molecular formula is C9H15NO3. The second kappa shape index (κ2) is 3.77. The summed E-state index contributed by atoms with van der Waals surface area (Å²) in [5.41, 5.74) is -0.572. The third kappa shape index (κ3) is 1.82. The van der Waals surface area contributed by atoms with Gasteiger partial charge in [-0.2, -0.15) is 0 Å². The molecule has 1 atom stereocenters. The number of nitrogens with one attached hydrogen (secondary N) is 1. The minimum absolute atomic E-state index is 0.0569. The molecule has 0 aromatic rings. The fourth-order valence-electron chi connectivity index (χ4n) is 1.74. The summed E-state index contributed by atoms with van der Waals surface area (Å²) in [4.78, 5) is 22.6. The summed E-state index contributed by atoms with van der Waals surface area (Å²) < 4.78 is 4.71.